The highest BCUT2D eigenvalue weighted by Gasteiger charge is 2.19. The van der Waals surface area contributed by atoms with Crippen LogP contribution < -0.4 is 15.4 Å². The number of halogens is 2. The second-order valence-corrected chi connectivity index (χ2v) is 8.50. The zero-order valence-corrected chi connectivity index (χ0v) is 19.5. The maximum atomic E-state index is 12.8. The van der Waals surface area contributed by atoms with Gasteiger partial charge in [0.25, 0.3) is 11.8 Å². The molecule has 0 radical (unpaired) electrons. The largest absolute Gasteiger partial charge is 0.487 e. The number of ether oxygens (including phenoxy) is 1. The molecule has 2 amide bonds. The summed E-state index contributed by atoms with van der Waals surface area (Å²) < 4.78 is 7.18. The molecular formula is C23H24Cl2N4O3. The fourth-order valence-electron chi connectivity index (χ4n) is 2.93. The number of nitrogens with zero attached hydrogens (tertiary/aromatic N) is 2. The summed E-state index contributed by atoms with van der Waals surface area (Å²) in [6, 6.07) is 12.0. The molecule has 3 aromatic rings. The summed E-state index contributed by atoms with van der Waals surface area (Å²) in [5, 5.41) is 10.7. The molecule has 168 valence electrons. The summed E-state index contributed by atoms with van der Waals surface area (Å²) in [6.07, 6.45) is 1.46. The van der Waals surface area contributed by atoms with Gasteiger partial charge in [0.1, 0.15) is 18.1 Å². The maximum Gasteiger partial charge on any atom is 0.271 e. The van der Waals surface area contributed by atoms with Gasteiger partial charge < -0.3 is 15.4 Å². The molecule has 0 bridgehead atoms. The molecule has 3 rings (SSSR count). The van der Waals surface area contributed by atoms with Crippen LogP contribution in [0.1, 0.15) is 40.3 Å². The van der Waals surface area contributed by atoms with E-state index in [-0.39, 0.29) is 24.1 Å². The van der Waals surface area contributed by atoms with E-state index in [1.165, 1.54) is 10.9 Å². The SMILES string of the molecule is CC(C)CNC(=O)c1c(NC(=O)c2cccc(COc3ccc(Cl)cc3Cl)c2)cnn1C. The Morgan fingerprint density at radius 2 is 1.91 bits per heavy atom. The Labute approximate surface area is 196 Å². The summed E-state index contributed by atoms with van der Waals surface area (Å²) in [7, 11) is 1.65. The molecule has 0 fully saturated rings. The molecule has 0 unspecified atom stereocenters. The van der Waals surface area contributed by atoms with Gasteiger partial charge in [-0.3, -0.25) is 14.3 Å². The van der Waals surface area contributed by atoms with Crippen molar-refractivity contribution in [3.63, 3.8) is 0 Å². The minimum atomic E-state index is -0.359. The average molecular weight is 475 g/mol. The quantitative estimate of drug-likeness (QED) is 0.483. The molecule has 2 aromatic carbocycles. The number of carbonyl (C=O) groups excluding carboxylic acids is 2. The average Bonchev–Trinajstić information content (AvgIpc) is 3.11. The second kappa shape index (κ2) is 10.5. The fourth-order valence-corrected chi connectivity index (χ4v) is 3.39. The summed E-state index contributed by atoms with van der Waals surface area (Å²) in [6.45, 7) is 4.75. The van der Waals surface area contributed by atoms with Crippen LogP contribution in [0.4, 0.5) is 5.69 Å². The van der Waals surface area contributed by atoms with Crippen LogP contribution in [-0.2, 0) is 13.7 Å². The second-order valence-electron chi connectivity index (χ2n) is 7.65. The number of aryl methyl sites for hydroxylation is 1. The minimum Gasteiger partial charge on any atom is -0.487 e. The Balaban J connectivity index is 1.69. The summed E-state index contributed by atoms with van der Waals surface area (Å²) in [5.41, 5.74) is 1.83. The first kappa shape index (κ1) is 23.6. The van der Waals surface area contributed by atoms with Crippen LogP contribution in [0.5, 0.6) is 5.75 Å². The Morgan fingerprint density at radius 3 is 2.62 bits per heavy atom. The van der Waals surface area contributed by atoms with Gasteiger partial charge in [-0.2, -0.15) is 5.10 Å². The van der Waals surface area contributed by atoms with Crippen molar-refractivity contribution in [1.82, 2.24) is 15.1 Å². The summed E-state index contributed by atoms with van der Waals surface area (Å²) in [5.74, 6) is 0.148. The lowest BCUT2D eigenvalue weighted by atomic mass is 10.1. The first-order valence-corrected chi connectivity index (χ1v) is 10.8. The van der Waals surface area contributed by atoms with Crippen LogP contribution in [0.2, 0.25) is 10.0 Å². The van der Waals surface area contributed by atoms with E-state index < -0.39 is 0 Å². The molecule has 0 atom stereocenters. The molecule has 0 saturated heterocycles. The van der Waals surface area contributed by atoms with E-state index in [2.05, 4.69) is 15.7 Å². The molecule has 2 N–H and O–H groups in total. The zero-order chi connectivity index (χ0) is 23.3. The van der Waals surface area contributed by atoms with Crippen LogP contribution in [0, 0.1) is 5.92 Å². The molecule has 0 spiro atoms. The third-order valence-electron chi connectivity index (χ3n) is 4.55. The number of amides is 2. The fraction of sp³-hybridized carbons (Fsp3) is 0.261. The molecule has 0 aliphatic heterocycles. The number of anilines is 1. The standard InChI is InChI=1S/C23H24Cl2N4O3/c1-14(2)11-26-23(31)21-19(12-27-29(21)3)28-22(30)16-6-4-5-15(9-16)13-32-20-8-7-17(24)10-18(20)25/h4-10,12,14H,11,13H2,1-3H3,(H,26,31)(H,28,30). The number of hydrogen-bond acceptors (Lipinski definition) is 4. The van der Waals surface area contributed by atoms with Crippen LogP contribution in [-0.4, -0.2) is 28.1 Å². The van der Waals surface area contributed by atoms with Gasteiger partial charge in [0.15, 0.2) is 0 Å². The van der Waals surface area contributed by atoms with Crippen molar-refractivity contribution in [2.24, 2.45) is 13.0 Å². The predicted octanol–water partition coefficient (Wildman–Crippen LogP) is 4.94. The molecule has 7 nitrogen and oxygen atoms in total. The zero-order valence-electron chi connectivity index (χ0n) is 18.0. The minimum absolute atomic E-state index is 0.220. The number of benzene rings is 2. The van der Waals surface area contributed by atoms with Crippen molar-refractivity contribution >= 4 is 40.7 Å². The Bertz CT molecular complexity index is 1130. The van der Waals surface area contributed by atoms with E-state index >= 15 is 0 Å². The van der Waals surface area contributed by atoms with Crippen molar-refractivity contribution in [1.29, 1.82) is 0 Å². The van der Waals surface area contributed by atoms with Gasteiger partial charge in [-0.1, -0.05) is 49.2 Å². The molecule has 0 aliphatic carbocycles. The maximum absolute atomic E-state index is 12.8. The molecule has 1 aromatic heterocycles. The smallest absolute Gasteiger partial charge is 0.271 e. The van der Waals surface area contributed by atoms with Crippen molar-refractivity contribution in [2.75, 3.05) is 11.9 Å². The summed E-state index contributed by atoms with van der Waals surface area (Å²) >= 11 is 12.0. The highest BCUT2D eigenvalue weighted by atomic mass is 35.5. The lowest BCUT2D eigenvalue weighted by Gasteiger charge is -2.11. The van der Waals surface area contributed by atoms with Gasteiger partial charge in [0.2, 0.25) is 0 Å². The van der Waals surface area contributed by atoms with Crippen LogP contribution in [0.25, 0.3) is 0 Å². The topological polar surface area (TPSA) is 85.2 Å². The van der Waals surface area contributed by atoms with Gasteiger partial charge in [-0.05, 0) is 41.8 Å². The molecule has 0 aliphatic rings. The van der Waals surface area contributed by atoms with E-state index in [4.69, 9.17) is 27.9 Å². The van der Waals surface area contributed by atoms with E-state index in [9.17, 15) is 9.59 Å². The number of hydrogen-bond donors (Lipinski definition) is 2. The van der Waals surface area contributed by atoms with Crippen molar-refractivity contribution in [3.05, 3.63) is 75.5 Å². The lowest BCUT2D eigenvalue weighted by Crippen LogP contribution is -2.30. The first-order valence-electron chi connectivity index (χ1n) is 10.0. The highest BCUT2D eigenvalue weighted by molar-refractivity contribution is 6.35. The monoisotopic (exact) mass is 474 g/mol. The van der Waals surface area contributed by atoms with Crippen molar-refractivity contribution in [2.45, 2.75) is 20.5 Å². The number of aromatic nitrogens is 2. The summed E-state index contributed by atoms with van der Waals surface area (Å²) in [4.78, 5) is 25.4. The van der Waals surface area contributed by atoms with Crippen LogP contribution >= 0.6 is 23.2 Å². The van der Waals surface area contributed by atoms with Crippen molar-refractivity contribution in [3.8, 4) is 5.75 Å². The van der Waals surface area contributed by atoms with Crippen molar-refractivity contribution < 1.29 is 14.3 Å². The van der Waals surface area contributed by atoms with E-state index in [1.54, 1.807) is 43.4 Å². The molecule has 32 heavy (non-hydrogen) atoms. The van der Waals surface area contributed by atoms with Gasteiger partial charge in [-0.15, -0.1) is 0 Å². The Morgan fingerprint density at radius 1 is 1.12 bits per heavy atom. The van der Waals surface area contributed by atoms with Crippen LogP contribution in [0.15, 0.2) is 48.7 Å². The molecular weight excluding hydrogens is 451 g/mol. The van der Waals surface area contributed by atoms with Crippen LogP contribution in [0.3, 0.4) is 0 Å². The highest BCUT2D eigenvalue weighted by Crippen LogP contribution is 2.28. The first-order chi connectivity index (χ1) is 15.2. The van der Waals surface area contributed by atoms with Gasteiger partial charge in [-0.25, -0.2) is 0 Å². The van der Waals surface area contributed by atoms with E-state index in [0.717, 1.165) is 5.56 Å². The van der Waals surface area contributed by atoms with Gasteiger partial charge in [0.05, 0.1) is 16.9 Å². The lowest BCUT2D eigenvalue weighted by molar-refractivity contribution is 0.0940. The predicted molar refractivity (Wildman–Crippen MR) is 126 cm³/mol. The Hall–Kier alpha value is -3.03. The third-order valence-corrected chi connectivity index (χ3v) is 5.08. The molecule has 0 saturated carbocycles. The normalized spacial score (nSPS) is 10.8. The molecule has 1 heterocycles. The number of carbonyl (C=O) groups is 2. The number of nitrogens with one attached hydrogen (secondary N) is 2. The van der Waals surface area contributed by atoms with Gasteiger partial charge >= 0.3 is 0 Å². The van der Waals surface area contributed by atoms with Gasteiger partial charge in [0, 0.05) is 24.2 Å². The molecule has 9 heteroatoms. The third kappa shape index (κ3) is 6.02. The van der Waals surface area contributed by atoms with E-state index in [1.807, 2.05) is 19.9 Å². The number of rotatable bonds is 8. The Kier molecular flexibility index (Phi) is 7.77. The van der Waals surface area contributed by atoms with E-state index in [0.29, 0.717) is 39.5 Å².